The highest BCUT2D eigenvalue weighted by molar-refractivity contribution is 7.91. The van der Waals surface area contributed by atoms with Crippen LogP contribution in [0.25, 0.3) is 0 Å². The monoisotopic (exact) mass is 298 g/mol. The summed E-state index contributed by atoms with van der Waals surface area (Å²) in [5.41, 5.74) is 0.969. The normalized spacial score (nSPS) is 18.4. The molecule has 0 aliphatic carbocycles. The van der Waals surface area contributed by atoms with E-state index in [4.69, 9.17) is 0 Å². The highest BCUT2D eigenvalue weighted by atomic mass is 32.2. The average molecular weight is 298 g/mol. The fourth-order valence-corrected chi connectivity index (χ4v) is 3.46. The van der Waals surface area contributed by atoms with Crippen molar-refractivity contribution in [1.82, 2.24) is 9.97 Å². The number of hydrogen-bond donors (Lipinski definition) is 1. The highest BCUT2D eigenvalue weighted by Crippen LogP contribution is 2.26. The van der Waals surface area contributed by atoms with Crippen LogP contribution in [0, 0.1) is 6.92 Å². The Labute approximate surface area is 120 Å². The zero-order chi connectivity index (χ0) is 14.9. The molecule has 2 rings (SSSR count). The van der Waals surface area contributed by atoms with Gasteiger partial charge in [0.2, 0.25) is 0 Å². The Balaban J connectivity index is 2.38. The van der Waals surface area contributed by atoms with Crippen molar-refractivity contribution in [3.05, 3.63) is 11.4 Å². The summed E-state index contributed by atoms with van der Waals surface area (Å²) in [6, 6.07) is 0. The molecule has 0 bridgehead atoms. The maximum absolute atomic E-state index is 11.5. The van der Waals surface area contributed by atoms with Gasteiger partial charge in [0.25, 0.3) is 0 Å². The lowest BCUT2D eigenvalue weighted by Crippen LogP contribution is -2.41. The highest BCUT2D eigenvalue weighted by Gasteiger charge is 2.25. The number of rotatable bonds is 3. The first-order valence-electron chi connectivity index (χ1n) is 6.85. The Hall–Kier alpha value is -1.37. The molecular formula is C13H22N4O2S. The van der Waals surface area contributed by atoms with Crippen molar-refractivity contribution < 1.29 is 8.42 Å². The van der Waals surface area contributed by atoms with E-state index in [1.165, 1.54) is 0 Å². The molecule has 1 aliphatic heterocycles. The molecule has 0 amide bonds. The maximum Gasteiger partial charge on any atom is 0.153 e. The molecule has 6 nitrogen and oxygen atoms in total. The van der Waals surface area contributed by atoms with Crippen molar-refractivity contribution >= 4 is 21.5 Å². The van der Waals surface area contributed by atoms with Crippen LogP contribution in [-0.4, -0.2) is 50.0 Å². The van der Waals surface area contributed by atoms with Gasteiger partial charge in [-0.25, -0.2) is 18.4 Å². The van der Waals surface area contributed by atoms with Crippen molar-refractivity contribution in [1.29, 1.82) is 0 Å². The molecular weight excluding hydrogens is 276 g/mol. The molecule has 7 heteroatoms. The van der Waals surface area contributed by atoms with Gasteiger partial charge in [-0.3, -0.25) is 0 Å². The molecule has 2 heterocycles. The van der Waals surface area contributed by atoms with Crippen molar-refractivity contribution in [2.75, 3.05) is 41.9 Å². The summed E-state index contributed by atoms with van der Waals surface area (Å²) in [5.74, 6) is 3.07. The van der Waals surface area contributed by atoms with Crippen LogP contribution in [-0.2, 0) is 9.84 Å². The summed E-state index contributed by atoms with van der Waals surface area (Å²) in [6.45, 7) is 7.07. The number of nitrogens with one attached hydrogen (secondary N) is 1. The van der Waals surface area contributed by atoms with Gasteiger partial charge >= 0.3 is 0 Å². The average Bonchev–Trinajstić information content (AvgIpc) is 2.39. The molecule has 0 spiro atoms. The molecule has 1 aromatic rings. The van der Waals surface area contributed by atoms with Crippen LogP contribution < -0.4 is 10.2 Å². The molecule has 0 aromatic carbocycles. The van der Waals surface area contributed by atoms with Crippen LogP contribution in [0.2, 0.25) is 0 Å². The zero-order valence-electron chi connectivity index (χ0n) is 12.5. The van der Waals surface area contributed by atoms with Gasteiger partial charge < -0.3 is 10.2 Å². The second kappa shape index (κ2) is 5.55. The van der Waals surface area contributed by atoms with E-state index in [1.54, 1.807) is 0 Å². The molecule has 0 atom stereocenters. The van der Waals surface area contributed by atoms with Crippen LogP contribution in [0.5, 0.6) is 0 Å². The quantitative estimate of drug-likeness (QED) is 0.903. The first kappa shape index (κ1) is 15.0. The smallest absolute Gasteiger partial charge is 0.153 e. The minimum atomic E-state index is -2.88. The Morgan fingerprint density at radius 1 is 1.20 bits per heavy atom. The van der Waals surface area contributed by atoms with Gasteiger partial charge in [-0.2, -0.15) is 0 Å². The van der Waals surface area contributed by atoms with E-state index in [0.29, 0.717) is 13.1 Å². The number of aromatic nitrogens is 2. The molecule has 0 saturated carbocycles. The lowest BCUT2D eigenvalue weighted by molar-refractivity contribution is 0.586. The van der Waals surface area contributed by atoms with Crippen LogP contribution in [0.15, 0.2) is 0 Å². The second-order valence-corrected chi connectivity index (χ2v) is 7.73. The van der Waals surface area contributed by atoms with E-state index >= 15 is 0 Å². The van der Waals surface area contributed by atoms with Gasteiger partial charge in [-0.1, -0.05) is 13.8 Å². The zero-order valence-corrected chi connectivity index (χ0v) is 13.3. The third-order valence-electron chi connectivity index (χ3n) is 3.53. The van der Waals surface area contributed by atoms with E-state index in [-0.39, 0.29) is 17.4 Å². The molecule has 20 heavy (non-hydrogen) atoms. The van der Waals surface area contributed by atoms with E-state index in [9.17, 15) is 8.42 Å². The fourth-order valence-electron chi connectivity index (χ4n) is 2.26. The van der Waals surface area contributed by atoms with Crippen molar-refractivity contribution in [2.24, 2.45) is 0 Å². The largest absolute Gasteiger partial charge is 0.373 e. The minimum absolute atomic E-state index is 0.197. The summed E-state index contributed by atoms with van der Waals surface area (Å²) < 4.78 is 23.1. The van der Waals surface area contributed by atoms with Crippen LogP contribution in [0.3, 0.4) is 0 Å². The Morgan fingerprint density at radius 2 is 1.80 bits per heavy atom. The van der Waals surface area contributed by atoms with E-state index < -0.39 is 9.84 Å². The molecule has 112 valence electrons. The van der Waals surface area contributed by atoms with Gasteiger partial charge in [-0.15, -0.1) is 0 Å². The Bertz CT molecular complexity index is 585. The molecule has 0 unspecified atom stereocenters. The first-order chi connectivity index (χ1) is 9.34. The lowest BCUT2D eigenvalue weighted by atomic mass is 10.2. The summed E-state index contributed by atoms with van der Waals surface area (Å²) in [4.78, 5) is 11.2. The molecule has 1 aliphatic rings. The van der Waals surface area contributed by atoms with Crippen LogP contribution in [0.1, 0.15) is 31.2 Å². The van der Waals surface area contributed by atoms with Crippen molar-refractivity contribution in [2.45, 2.75) is 26.7 Å². The van der Waals surface area contributed by atoms with E-state index in [0.717, 1.165) is 23.0 Å². The lowest BCUT2D eigenvalue weighted by Gasteiger charge is -2.30. The first-order valence-corrected chi connectivity index (χ1v) is 8.68. The molecule has 1 N–H and O–H groups in total. The van der Waals surface area contributed by atoms with Gasteiger partial charge in [-0.05, 0) is 6.92 Å². The molecule has 1 saturated heterocycles. The van der Waals surface area contributed by atoms with Gasteiger partial charge in [0, 0.05) is 31.6 Å². The molecule has 1 aromatic heterocycles. The summed E-state index contributed by atoms with van der Waals surface area (Å²) in [6.07, 6.45) is 0. The van der Waals surface area contributed by atoms with E-state index in [2.05, 4.69) is 29.1 Å². The topological polar surface area (TPSA) is 75.2 Å². The summed E-state index contributed by atoms with van der Waals surface area (Å²) >= 11 is 0. The predicted octanol–water partition coefficient (Wildman–Crippen LogP) is 1.18. The number of hydrogen-bond acceptors (Lipinski definition) is 6. The number of nitrogens with zero attached hydrogens (tertiary/aromatic N) is 3. The third-order valence-corrected chi connectivity index (χ3v) is 5.14. The van der Waals surface area contributed by atoms with Crippen molar-refractivity contribution in [3.8, 4) is 0 Å². The second-order valence-electron chi connectivity index (χ2n) is 5.42. The van der Waals surface area contributed by atoms with Gasteiger partial charge in [0.15, 0.2) is 9.84 Å². The van der Waals surface area contributed by atoms with Crippen LogP contribution >= 0.6 is 0 Å². The van der Waals surface area contributed by atoms with Crippen molar-refractivity contribution in [3.63, 3.8) is 0 Å². The molecule has 0 radical (unpaired) electrons. The fraction of sp³-hybridized carbons (Fsp3) is 0.692. The Kier molecular flexibility index (Phi) is 4.17. The maximum atomic E-state index is 11.5. The standard InChI is InChI=1S/C13H22N4O2S/c1-9(2)11-15-12(14-4)10(3)13(16-11)17-5-7-20(18,19)8-6-17/h9H,5-8H2,1-4H3,(H,14,15,16). The minimum Gasteiger partial charge on any atom is -0.373 e. The van der Waals surface area contributed by atoms with Crippen LogP contribution in [0.4, 0.5) is 11.6 Å². The van der Waals surface area contributed by atoms with E-state index in [1.807, 2.05) is 18.9 Å². The SMILES string of the molecule is CNc1nc(C(C)C)nc(N2CCS(=O)(=O)CC2)c1C. The molecule has 1 fully saturated rings. The number of anilines is 2. The summed E-state index contributed by atoms with van der Waals surface area (Å²) in [7, 11) is -1.04. The third kappa shape index (κ3) is 3.03. The Morgan fingerprint density at radius 3 is 2.30 bits per heavy atom. The van der Waals surface area contributed by atoms with Gasteiger partial charge in [0.05, 0.1) is 11.5 Å². The van der Waals surface area contributed by atoms with Gasteiger partial charge in [0.1, 0.15) is 17.5 Å². The summed E-state index contributed by atoms with van der Waals surface area (Å²) in [5, 5.41) is 3.09. The predicted molar refractivity (Wildman–Crippen MR) is 81.3 cm³/mol. The number of sulfone groups is 1.